The van der Waals surface area contributed by atoms with Crippen LogP contribution in [-0.2, 0) is 19.2 Å². The molecule has 0 spiro atoms. The van der Waals surface area contributed by atoms with Crippen LogP contribution < -0.4 is 0 Å². The fraction of sp³-hybridized carbons (Fsp3) is 0.200. The molecule has 0 radical (unpaired) electrons. The minimum absolute atomic E-state index is 0.836. The van der Waals surface area contributed by atoms with Gasteiger partial charge in [0.15, 0.2) is 0 Å². The van der Waals surface area contributed by atoms with Crippen LogP contribution in [0.4, 0.5) is 0 Å². The Hall–Kier alpha value is -1.52. The molecule has 0 atom stereocenters. The number of carbonyl (C=O) groups excluding carboxylic acids is 3. The third kappa shape index (κ3) is 1.77. The summed E-state index contributed by atoms with van der Waals surface area (Å²) in [7, 11) is 0. The lowest BCUT2D eigenvalue weighted by molar-refractivity contribution is -0.154. The first-order valence-electron chi connectivity index (χ1n) is 2.29. The summed E-state index contributed by atoms with van der Waals surface area (Å²) < 4.78 is 0. The maximum Gasteiger partial charge on any atom is 0.380 e. The van der Waals surface area contributed by atoms with Gasteiger partial charge < -0.3 is 5.11 Å². The van der Waals surface area contributed by atoms with Crippen LogP contribution in [0.3, 0.4) is 0 Å². The monoisotopic (exact) mass is 144 g/mol. The molecular weight excluding hydrogens is 140 g/mol. The van der Waals surface area contributed by atoms with Crippen LogP contribution in [-0.4, -0.2) is 28.4 Å². The number of aliphatic carboxylic acids is 1. The Morgan fingerprint density at radius 1 is 1.00 bits per heavy atom. The molecule has 5 nitrogen and oxygen atoms in total. The van der Waals surface area contributed by atoms with E-state index in [1.54, 1.807) is 0 Å². The molecule has 0 aromatic carbocycles. The van der Waals surface area contributed by atoms with E-state index < -0.39 is 23.3 Å². The van der Waals surface area contributed by atoms with Crippen molar-refractivity contribution >= 4 is 23.3 Å². The van der Waals surface area contributed by atoms with Crippen molar-refractivity contribution in [3.63, 3.8) is 0 Å². The molecule has 0 saturated carbocycles. The summed E-state index contributed by atoms with van der Waals surface area (Å²) in [4.78, 5) is 40.1. The zero-order valence-electron chi connectivity index (χ0n) is 5.08. The van der Waals surface area contributed by atoms with E-state index in [2.05, 4.69) is 0 Å². The molecule has 0 aliphatic carbocycles. The third-order valence-corrected chi connectivity index (χ3v) is 0.720. The summed E-state index contributed by atoms with van der Waals surface area (Å²) in [5, 5.41) is 7.88. The smallest absolute Gasteiger partial charge is 0.380 e. The van der Waals surface area contributed by atoms with Crippen molar-refractivity contribution in [3.05, 3.63) is 0 Å². The number of rotatable bonds is 3. The maximum absolute atomic E-state index is 10.2. The van der Waals surface area contributed by atoms with Gasteiger partial charge in [0.05, 0.1) is 0 Å². The van der Waals surface area contributed by atoms with E-state index in [1.165, 1.54) is 0 Å². The van der Waals surface area contributed by atoms with Gasteiger partial charge in [-0.05, 0) is 0 Å². The van der Waals surface area contributed by atoms with Gasteiger partial charge in [-0.2, -0.15) is 0 Å². The highest BCUT2D eigenvalue weighted by atomic mass is 16.4. The molecule has 0 saturated heterocycles. The standard InChI is InChI=1S/C5H4O5/c1-2(6)3(7)4(8)5(9)10/h1H3,(H,9,10). The van der Waals surface area contributed by atoms with Crippen LogP contribution >= 0.6 is 0 Å². The Kier molecular flexibility index (Phi) is 2.43. The predicted octanol–water partition coefficient (Wildman–Crippen LogP) is -1.20. The van der Waals surface area contributed by atoms with Crippen LogP contribution in [0.15, 0.2) is 0 Å². The van der Waals surface area contributed by atoms with E-state index in [9.17, 15) is 19.2 Å². The van der Waals surface area contributed by atoms with Crippen molar-refractivity contribution in [2.24, 2.45) is 0 Å². The molecule has 0 unspecified atom stereocenters. The Bertz CT molecular complexity index is 190. The van der Waals surface area contributed by atoms with E-state index in [0.717, 1.165) is 6.92 Å². The normalized spacial score (nSPS) is 8.50. The molecule has 1 N–H and O–H groups in total. The highest BCUT2D eigenvalue weighted by Crippen LogP contribution is 1.79. The number of hydrogen-bond acceptors (Lipinski definition) is 4. The molecule has 0 bridgehead atoms. The second-order valence-corrected chi connectivity index (χ2v) is 1.52. The third-order valence-electron chi connectivity index (χ3n) is 0.720. The minimum Gasteiger partial charge on any atom is -0.475 e. The molecule has 0 amide bonds. The molecule has 0 aliphatic rings. The Labute approximate surface area is 55.6 Å². The zero-order valence-corrected chi connectivity index (χ0v) is 5.08. The second kappa shape index (κ2) is 2.86. The van der Waals surface area contributed by atoms with E-state index in [-0.39, 0.29) is 0 Å². The van der Waals surface area contributed by atoms with Crippen molar-refractivity contribution in [2.45, 2.75) is 6.92 Å². The summed E-state index contributed by atoms with van der Waals surface area (Å²) >= 11 is 0. The maximum atomic E-state index is 10.2. The lowest BCUT2D eigenvalue weighted by Crippen LogP contribution is -2.28. The summed E-state index contributed by atoms with van der Waals surface area (Å²) in [6.07, 6.45) is 0. The molecule has 10 heavy (non-hydrogen) atoms. The first kappa shape index (κ1) is 8.48. The van der Waals surface area contributed by atoms with Crippen LogP contribution in [0, 0.1) is 0 Å². The van der Waals surface area contributed by atoms with Crippen molar-refractivity contribution < 1.29 is 24.3 Å². The second-order valence-electron chi connectivity index (χ2n) is 1.52. The average Bonchev–Trinajstić information content (AvgIpc) is 1.84. The van der Waals surface area contributed by atoms with Gasteiger partial charge in [-0.1, -0.05) is 0 Å². The number of carbonyl (C=O) groups is 4. The molecule has 0 fully saturated rings. The first-order valence-corrected chi connectivity index (χ1v) is 2.29. The SMILES string of the molecule is CC(=O)C(=O)C(=O)C(=O)O. The van der Waals surface area contributed by atoms with Gasteiger partial charge in [-0.25, -0.2) is 4.79 Å². The zero-order chi connectivity index (χ0) is 8.31. The van der Waals surface area contributed by atoms with E-state index in [0.29, 0.717) is 0 Å². The predicted molar refractivity (Wildman–Crippen MR) is 28.3 cm³/mol. The fourth-order valence-electron chi connectivity index (χ4n) is 0.257. The first-order chi connectivity index (χ1) is 4.46. The number of ketones is 3. The van der Waals surface area contributed by atoms with Crippen molar-refractivity contribution in [2.75, 3.05) is 0 Å². The summed E-state index contributed by atoms with van der Waals surface area (Å²) in [5.41, 5.74) is 0. The quantitative estimate of drug-likeness (QED) is 0.397. The largest absolute Gasteiger partial charge is 0.475 e. The van der Waals surface area contributed by atoms with Gasteiger partial charge in [0.1, 0.15) is 0 Å². The topological polar surface area (TPSA) is 88.5 Å². The lowest BCUT2D eigenvalue weighted by Gasteiger charge is -1.85. The van der Waals surface area contributed by atoms with Crippen LogP contribution in [0.5, 0.6) is 0 Å². The molecule has 0 aliphatic heterocycles. The molecule has 0 aromatic heterocycles. The molecule has 0 heterocycles. The molecule has 54 valence electrons. The molecule has 0 aromatic rings. The number of Topliss-reactive ketones (excluding diaryl/α,β-unsaturated/α-hetero) is 3. The van der Waals surface area contributed by atoms with E-state index >= 15 is 0 Å². The highest BCUT2D eigenvalue weighted by molar-refractivity contribution is 6.76. The summed E-state index contributed by atoms with van der Waals surface area (Å²) in [5.74, 6) is -6.15. The van der Waals surface area contributed by atoms with E-state index in [1.807, 2.05) is 0 Å². The highest BCUT2D eigenvalue weighted by Gasteiger charge is 2.24. The summed E-state index contributed by atoms with van der Waals surface area (Å²) in [6, 6.07) is 0. The van der Waals surface area contributed by atoms with Crippen LogP contribution in [0.1, 0.15) is 6.92 Å². The van der Waals surface area contributed by atoms with Gasteiger partial charge in [-0.3, -0.25) is 14.4 Å². The molecule has 0 rings (SSSR count). The average molecular weight is 144 g/mol. The minimum atomic E-state index is -1.90. The van der Waals surface area contributed by atoms with Crippen molar-refractivity contribution in [1.29, 1.82) is 0 Å². The number of carboxylic acids is 1. The number of hydrogen-bond donors (Lipinski definition) is 1. The van der Waals surface area contributed by atoms with Crippen LogP contribution in [0.2, 0.25) is 0 Å². The summed E-state index contributed by atoms with van der Waals surface area (Å²) in [6.45, 7) is 0.836. The molecular formula is C5H4O5. The van der Waals surface area contributed by atoms with Gasteiger partial charge in [0, 0.05) is 6.92 Å². The Balaban J connectivity index is 4.39. The number of carboxylic acid groups (broad SMARTS) is 1. The van der Waals surface area contributed by atoms with E-state index in [4.69, 9.17) is 5.11 Å². The van der Waals surface area contributed by atoms with Crippen molar-refractivity contribution in [1.82, 2.24) is 0 Å². The van der Waals surface area contributed by atoms with Gasteiger partial charge in [0.25, 0.3) is 5.78 Å². The van der Waals surface area contributed by atoms with Gasteiger partial charge in [0.2, 0.25) is 5.78 Å². The van der Waals surface area contributed by atoms with Crippen LogP contribution in [0.25, 0.3) is 0 Å². The fourth-order valence-corrected chi connectivity index (χ4v) is 0.257. The van der Waals surface area contributed by atoms with Gasteiger partial charge >= 0.3 is 11.8 Å². The Morgan fingerprint density at radius 3 is 1.50 bits per heavy atom. The van der Waals surface area contributed by atoms with Crippen molar-refractivity contribution in [3.8, 4) is 0 Å². The molecule has 5 heteroatoms. The van der Waals surface area contributed by atoms with Gasteiger partial charge in [-0.15, -0.1) is 0 Å². The Morgan fingerprint density at radius 2 is 1.40 bits per heavy atom. The lowest BCUT2D eigenvalue weighted by atomic mass is 10.2.